The van der Waals surface area contributed by atoms with Crippen molar-refractivity contribution in [1.29, 1.82) is 0 Å². The number of amides is 1. The van der Waals surface area contributed by atoms with Crippen molar-refractivity contribution in [2.45, 2.75) is 11.3 Å². The van der Waals surface area contributed by atoms with Crippen molar-refractivity contribution < 1.29 is 4.79 Å². The molecule has 0 saturated carbocycles. The number of fused-ring (bicyclic) bond motifs is 1. The Morgan fingerprint density at radius 1 is 1.08 bits per heavy atom. The number of nitrogens with zero attached hydrogens (tertiary/aromatic N) is 1. The summed E-state index contributed by atoms with van der Waals surface area (Å²) in [5, 5.41) is 6.30. The van der Waals surface area contributed by atoms with Gasteiger partial charge in [-0.05, 0) is 40.3 Å². The maximum atomic E-state index is 12.1. The quantitative estimate of drug-likeness (QED) is 0.430. The number of nitrogens with one attached hydrogen (secondary N) is 1. The van der Waals surface area contributed by atoms with Crippen LogP contribution in [0.2, 0.25) is 0 Å². The molecule has 0 radical (unpaired) electrons. The van der Waals surface area contributed by atoms with Gasteiger partial charge < -0.3 is 0 Å². The van der Waals surface area contributed by atoms with Crippen LogP contribution in [-0.4, -0.2) is 18.4 Å². The molecule has 3 aromatic rings. The molecule has 0 aromatic heterocycles. The monoisotopic (exact) mass is 334 g/mol. The number of carbonyl (C=O) groups excluding carboxylic acids is 1. The summed E-state index contributed by atoms with van der Waals surface area (Å²) in [4.78, 5) is 13.3. The van der Waals surface area contributed by atoms with E-state index in [1.54, 1.807) is 18.0 Å². The number of carbonyl (C=O) groups is 1. The lowest BCUT2D eigenvalue weighted by atomic mass is 10.0. The summed E-state index contributed by atoms with van der Waals surface area (Å²) in [6, 6.07) is 22.1. The van der Waals surface area contributed by atoms with Crippen LogP contribution in [0.1, 0.15) is 11.1 Å². The lowest BCUT2D eigenvalue weighted by molar-refractivity contribution is -0.120. The highest BCUT2D eigenvalue weighted by Gasteiger charge is 2.05. The Kier molecular flexibility index (Phi) is 5.29. The Labute approximate surface area is 145 Å². The third-order valence-corrected chi connectivity index (χ3v) is 4.45. The molecule has 0 heterocycles. The smallest absolute Gasteiger partial charge is 0.244 e. The second kappa shape index (κ2) is 7.79. The Hall–Kier alpha value is -2.59. The lowest BCUT2D eigenvalue weighted by Gasteiger charge is -2.05. The van der Waals surface area contributed by atoms with Crippen molar-refractivity contribution in [2.24, 2.45) is 5.10 Å². The number of benzene rings is 3. The Balaban J connectivity index is 1.66. The average molecular weight is 334 g/mol. The first kappa shape index (κ1) is 16.3. The lowest BCUT2D eigenvalue weighted by Crippen LogP contribution is -2.19. The van der Waals surface area contributed by atoms with E-state index in [1.807, 2.05) is 73.0 Å². The van der Waals surface area contributed by atoms with Crippen LogP contribution in [0.3, 0.4) is 0 Å². The topological polar surface area (TPSA) is 41.5 Å². The van der Waals surface area contributed by atoms with E-state index in [-0.39, 0.29) is 5.91 Å². The molecular formula is C20H18N2OS. The zero-order chi connectivity index (χ0) is 16.8. The third-order valence-electron chi connectivity index (χ3n) is 3.73. The predicted octanol–water partition coefficient (Wildman–Crippen LogP) is 4.25. The fourth-order valence-electron chi connectivity index (χ4n) is 2.56. The normalized spacial score (nSPS) is 11.0. The summed E-state index contributed by atoms with van der Waals surface area (Å²) in [5.41, 5.74) is 4.58. The van der Waals surface area contributed by atoms with Crippen LogP contribution in [0.4, 0.5) is 0 Å². The predicted molar refractivity (Wildman–Crippen MR) is 102 cm³/mol. The fourth-order valence-corrected chi connectivity index (χ4v) is 3.03. The molecule has 0 spiro atoms. The zero-order valence-corrected chi connectivity index (χ0v) is 14.2. The first-order valence-electron chi connectivity index (χ1n) is 7.69. The van der Waals surface area contributed by atoms with Gasteiger partial charge in [-0.25, -0.2) is 5.43 Å². The third kappa shape index (κ3) is 4.03. The summed E-state index contributed by atoms with van der Waals surface area (Å²) in [6.45, 7) is 0. The molecule has 24 heavy (non-hydrogen) atoms. The van der Waals surface area contributed by atoms with E-state index >= 15 is 0 Å². The number of hydrogen-bond acceptors (Lipinski definition) is 3. The number of hydrazone groups is 1. The first-order valence-corrected chi connectivity index (χ1v) is 8.91. The molecule has 3 aromatic carbocycles. The number of hydrogen-bond donors (Lipinski definition) is 1. The summed E-state index contributed by atoms with van der Waals surface area (Å²) < 4.78 is 0. The van der Waals surface area contributed by atoms with Gasteiger partial charge in [0.25, 0.3) is 0 Å². The van der Waals surface area contributed by atoms with Gasteiger partial charge in [0.05, 0.1) is 12.6 Å². The van der Waals surface area contributed by atoms with Gasteiger partial charge in [-0.3, -0.25) is 4.79 Å². The summed E-state index contributed by atoms with van der Waals surface area (Å²) in [5.74, 6) is -0.122. The van der Waals surface area contributed by atoms with E-state index in [4.69, 9.17) is 0 Å². The molecule has 4 heteroatoms. The fraction of sp³-hybridized carbons (Fsp3) is 0.100. The molecule has 1 amide bonds. The van der Waals surface area contributed by atoms with Crippen LogP contribution in [0.25, 0.3) is 10.8 Å². The van der Waals surface area contributed by atoms with Gasteiger partial charge in [0, 0.05) is 4.90 Å². The Morgan fingerprint density at radius 3 is 2.75 bits per heavy atom. The molecule has 3 rings (SSSR count). The maximum Gasteiger partial charge on any atom is 0.244 e. The van der Waals surface area contributed by atoms with Crippen LogP contribution in [-0.2, 0) is 11.2 Å². The van der Waals surface area contributed by atoms with Gasteiger partial charge in [0.2, 0.25) is 5.91 Å². The second-order valence-corrected chi connectivity index (χ2v) is 6.26. The maximum absolute atomic E-state index is 12.1. The van der Waals surface area contributed by atoms with Gasteiger partial charge in [-0.1, -0.05) is 54.6 Å². The van der Waals surface area contributed by atoms with Crippen LogP contribution in [0.15, 0.2) is 76.7 Å². The van der Waals surface area contributed by atoms with Crippen molar-refractivity contribution in [3.63, 3.8) is 0 Å². The van der Waals surface area contributed by atoms with Gasteiger partial charge >= 0.3 is 0 Å². The average Bonchev–Trinajstić information content (AvgIpc) is 2.62. The van der Waals surface area contributed by atoms with Crippen LogP contribution < -0.4 is 5.43 Å². The van der Waals surface area contributed by atoms with Crippen LogP contribution in [0, 0.1) is 0 Å². The first-order chi connectivity index (χ1) is 11.8. The highest BCUT2D eigenvalue weighted by Crippen LogP contribution is 2.19. The zero-order valence-electron chi connectivity index (χ0n) is 13.4. The molecule has 0 fully saturated rings. The Morgan fingerprint density at radius 2 is 1.88 bits per heavy atom. The molecular weight excluding hydrogens is 316 g/mol. The molecule has 1 N–H and O–H groups in total. The standard InChI is InChI=1S/C20H18N2OS/c1-24-18-10-4-6-15(12-18)14-21-22-20(23)13-17-9-5-8-16-7-2-3-11-19(16)17/h2-12,14H,13H2,1H3,(H,22,23). The largest absolute Gasteiger partial charge is 0.273 e. The number of rotatable bonds is 5. The molecule has 0 aliphatic heterocycles. The minimum absolute atomic E-state index is 0.122. The molecule has 3 nitrogen and oxygen atoms in total. The van der Waals surface area contributed by atoms with Crippen LogP contribution >= 0.6 is 11.8 Å². The summed E-state index contributed by atoms with van der Waals surface area (Å²) in [7, 11) is 0. The van der Waals surface area contributed by atoms with E-state index in [0.29, 0.717) is 6.42 Å². The highest BCUT2D eigenvalue weighted by atomic mass is 32.2. The highest BCUT2D eigenvalue weighted by molar-refractivity contribution is 7.98. The van der Waals surface area contributed by atoms with Gasteiger partial charge in [-0.15, -0.1) is 11.8 Å². The van der Waals surface area contributed by atoms with E-state index in [0.717, 1.165) is 21.9 Å². The van der Waals surface area contributed by atoms with Crippen molar-refractivity contribution in [1.82, 2.24) is 5.43 Å². The molecule has 0 atom stereocenters. The molecule has 0 unspecified atom stereocenters. The van der Waals surface area contributed by atoms with E-state index < -0.39 is 0 Å². The van der Waals surface area contributed by atoms with Crippen LogP contribution in [0.5, 0.6) is 0 Å². The number of thioether (sulfide) groups is 1. The molecule has 0 aliphatic carbocycles. The van der Waals surface area contributed by atoms with Gasteiger partial charge in [-0.2, -0.15) is 5.10 Å². The van der Waals surface area contributed by atoms with E-state index in [9.17, 15) is 4.79 Å². The summed E-state index contributed by atoms with van der Waals surface area (Å²) >= 11 is 1.68. The van der Waals surface area contributed by atoms with Gasteiger partial charge in [0.1, 0.15) is 0 Å². The molecule has 0 aliphatic rings. The molecule has 120 valence electrons. The van der Waals surface area contributed by atoms with Crippen molar-refractivity contribution in [3.8, 4) is 0 Å². The van der Waals surface area contributed by atoms with E-state index in [2.05, 4.69) is 10.5 Å². The second-order valence-electron chi connectivity index (χ2n) is 5.38. The van der Waals surface area contributed by atoms with Crippen molar-refractivity contribution in [3.05, 3.63) is 77.9 Å². The summed E-state index contributed by atoms with van der Waals surface area (Å²) in [6.07, 6.45) is 4.01. The minimum atomic E-state index is -0.122. The van der Waals surface area contributed by atoms with Crippen molar-refractivity contribution in [2.75, 3.05) is 6.26 Å². The minimum Gasteiger partial charge on any atom is -0.273 e. The van der Waals surface area contributed by atoms with E-state index in [1.165, 1.54) is 4.90 Å². The molecule has 0 bridgehead atoms. The van der Waals surface area contributed by atoms with Gasteiger partial charge in [0.15, 0.2) is 0 Å². The Bertz CT molecular complexity index is 884. The molecule has 0 saturated heterocycles. The van der Waals surface area contributed by atoms with Crippen molar-refractivity contribution >= 4 is 34.7 Å². The SMILES string of the molecule is CSc1cccc(C=NNC(=O)Cc2cccc3ccccc23)c1.